The van der Waals surface area contributed by atoms with E-state index in [1.807, 2.05) is 24.3 Å². The summed E-state index contributed by atoms with van der Waals surface area (Å²) in [5.74, 6) is 0.0187. The molecule has 1 amide bonds. The van der Waals surface area contributed by atoms with Crippen molar-refractivity contribution in [2.75, 3.05) is 11.9 Å². The lowest BCUT2D eigenvalue weighted by Gasteiger charge is -2.10. The molecule has 1 N–H and O–H groups in total. The first-order chi connectivity index (χ1) is 9.97. The Kier molecular flexibility index (Phi) is 5.98. The topological polar surface area (TPSA) is 38.3 Å². The number of halogens is 4. The van der Waals surface area contributed by atoms with Crippen LogP contribution in [0.3, 0.4) is 0 Å². The molecule has 7 heteroatoms. The third-order valence-corrected chi connectivity index (χ3v) is 4.44. The van der Waals surface area contributed by atoms with Gasteiger partial charge in [-0.3, -0.25) is 4.79 Å². The largest absolute Gasteiger partial charge is 0.482 e. The Balaban J connectivity index is 1.99. The third kappa shape index (κ3) is 4.64. The number of para-hydroxylation sites is 1. The van der Waals surface area contributed by atoms with Gasteiger partial charge in [0.2, 0.25) is 0 Å². The number of rotatable bonds is 4. The lowest BCUT2D eigenvalue weighted by molar-refractivity contribution is -0.118. The summed E-state index contributed by atoms with van der Waals surface area (Å²) in [5, 5.41) is 3.69. The van der Waals surface area contributed by atoms with Gasteiger partial charge >= 0.3 is 0 Å². The van der Waals surface area contributed by atoms with Crippen LogP contribution in [0.5, 0.6) is 5.75 Å². The molecule has 0 aliphatic rings. The summed E-state index contributed by atoms with van der Waals surface area (Å²) in [4.78, 5) is 11.9. The maximum absolute atomic E-state index is 11.9. The van der Waals surface area contributed by atoms with Crippen molar-refractivity contribution in [2.24, 2.45) is 0 Å². The molecule has 0 aliphatic heterocycles. The number of hydrogen-bond donors (Lipinski definition) is 1. The Labute approximate surface area is 150 Å². The highest BCUT2D eigenvalue weighted by atomic mass is 127. The average Bonchev–Trinajstić information content (AvgIpc) is 2.44. The normalized spacial score (nSPS) is 10.3. The van der Waals surface area contributed by atoms with Gasteiger partial charge in [-0.2, -0.15) is 0 Å². The van der Waals surface area contributed by atoms with E-state index in [0.29, 0.717) is 20.8 Å². The fraction of sp³-hybridized carbons (Fsp3) is 0.0714. The van der Waals surface area contributed by atoms with Crippen LogP contribution in [0.1, 0.15) is 0 Å². The Morgan fingerprint density at radius 1 is 1.10 bits per heavy atom. The van der Waals surface area contributed by atoms with Crippen LogP contribution in [0.25, 0.3) is 0 Å². The zero-order chi connectivity index (χ0) is 15.4. The molecule has 0 atom stereocenters. The molecule has 0 saturated heterocycles. The zero-order valence-corrected chi connectivity index (χ0v) is 14.9. The van der Waals surface area contributed by atoms with Crippen LogP contribution in [-0.2, 0) is 4.79 Å². The van der Waals surface area contributed by atoms with E-state index in [1.54, 1.807) is 0 Å². The fourth-order valence-electron chi connectivity index (χ4n) is 1.51. The molecule has 0 aromatic heterocycles. The Morgan fingerprint density at radius 2 is 1.76 bits per heavy atom. The van der Waals surface area contributed by atoms with Gasteiger partial charge in [0.25, 0.3) is 5.91 Å². The van der Waals surface area contributed by atoms with Gasteiger partial charge in [0.1, 0.15) is 5.75 Å². The molecule has 0 unspecified atom stereocenters. The first kappa shape index (κ1) is 16.7. The van der Waals surface area contributed by atoms with Gasteiger partial charge in [-0.1, -0.05) is 46.9 Å². The molecular weight excluding hydrogens is 447 g/mol. The van der Waals surface area contributed by atoms with E-state index < -0.39 is 0 Å². The highest BCUT2D eigenvalue weighted by molar-refractivity contribution is 14.1. The van der Waals surface area contributed by atoms with E-state index in [0.717, 1.165) is 9.26 Å². The van der Waals surface area contributed by atoms with Crippen molar-refractivity contribution >= 4 is 69.0 Å². The molecular formula is C14H9Cl3INO2. The number of amides is 1. The maximum atomic E-state index is 11.9. The van der Waals surface area contributed by atoms with Crippen LogP contribution in [0.4, 0.5) is 5.69 Å². The van der Waals surface area contributed by atoms with Crippen molar-refractivity contribution in [3.8, 4) is 5.75 Å². The fourth-order valence-corrected chi connectivity index (χ4v) is 2.62. The monoisotopic (exact) mass is 455 g/mol. The smallest absolute Gasteiger partial charge is 0.262 e. The number of nitrogens with one attached hydrogen (secondary N) is 1. The standard InChI is InChI=1S/C14H9Cl3INO2/c15-8-5-10(17)13(6-9(8)16)21-7-14(20)19-12-4-2-1-3-11(12)18/h1-6H,7H2,(H,19,20). The molecule has 0 heterocycles. The number of ether oxygens (including phenoxy) is 1. The predicted molar refractivity (Wildman–Crippen MR) is 94.8 cm³/mol. The quantitative estimate of drug-likeness (QED) is 0.503. The van der Waals surface area contributed by atoms with Crippen molar-refractivity contribution in [1.29, 1.82) is 0 Å². The van der Waals surface area contributed by atoms with Gasteiger partial charge < -0.3 is 10.1 Å². The van der Waals surface area contributed by atoms with E-state index in [2.05, 4.69) is 27.9 Å². The van der Waals surface area contributed by atoms with Crippen LogP contribution < -0.4 is 10.1 Å². The number of hydrogen-bond acceptors (Lipinski definition) is 2. The summed E-state index contributed by atoms with van der Waals surface area (Å²) >= 11 is 19.8. The molecule has 2 rings (SSSR count). The van der Waals surface area contributed by atoms with Gasteiger partial charge in [0.15, 0.2) is 6.61 Å². The minimum Gasteiger partial charge on any atom is -0.482 e. The van der Waals surface area contributed by atoms with Gasteiger partial charge in [0.05, 0.1) is 20.8 Å². The summed E-state index contributed by atoms with van der Waals surface area (Å²) in [6.07, 6.45) is 0. The summed E-state index contributed by atoms with van der Waals surface area (Å²) in [6.45, 7) is -0.178. The Hall–Kier alpha value is -0.690. The maximum Gasteiger partial charge on any atom is 0.262 e. The minimum atomic E-state index is -0.291. The molecule has 21 heavy (non-hydrogen) atoms. The Morgan fingerprint density at radius 3 is 2.48 bits per heavy atom. The second kappa shape index (κ2) is 7.54. The van der Waals surface area contributed by atoms with E-state index in [1.165, 1.54) is 12.1 Å². The average molecular weight is 456 g/mol. The van der Waals surface area contributed by atoms with Gasteiger partial charge in [-0.05, 0) is 40.8 Å². The molecule has 2 aromatic carbocycles. The zero-order valence-electron chi connectivity index (χ0n) is 10.5. The van der Waals surface area contributed by atoms with E-state index in [-0.39, 0.29) is 12.5 Å². The highest BCUT2D eigenvalue weighted by Gasteiger charge is 2.10. The number of carbonyl (C=O) groups is 1. The van der Waals surface area contributed by atoms with Crippen LogP contribution >= 0.6 is 57.4 Å². The second-order valence-corrected chi connectivity index (χ2v) is 6.40. The second-order valence-electron chi connectivity index (χ2n) is 4.01. The summed E-state index contributed by atoms with van der Waals surface area (Å²) in [6, 6.07) is 10.4. The minimum absolute atomic E-state index is 0.178. The molecule has 2 aromatic rings. The Bertz CT molecular complexity index is 679. The van der Waals surface area contributed by atoms with E-state index in [4.69, 9.17) is 39.5 Å². The SMILES string of the molecule is O=C(COc1cc(Cl)c(Cl)cc1Cl)Nc1ccccc1I. The highest BCUT2D eigenvalue weighted by Crippen LogP contribution is 2.33. The van der Waals surface area contributed by atoms with Crippen molar-refractivity contribution in [2.45, 2.75) is 0 Å². The van der Waals surface area contributed by atoms with Gasteiger partial charge in [-0.15, -0.1) is 0 Å². The van der Waals surface area contributed by atoms with Crippen LogP contribution in [0.15, 0.2) is 36.4 Å². The van der Waals surface area contributed by atoms with Crippen LogP contribution in [-0.4, -0.2) is 12.5 Å². The molecule has 0 saturated carbocycles. The number of carbonyl (C=O) groups excluding carboxylic acids is 1. The lowest BCUT2D eigenvalue weighted by atomic mass is 10.3. The molecule has 110 valence electrons. The molecule has 0 fully saturated rings. The molecule has 0 radical (unpaired) electrons. The molecule has 3 nitrogen and oxygen atoms in total. The van der Waals surface area contributed by atoms with Crippen molar-refractivity contribution in [3.05, 3.63) is 55.0 Å². The lowest BCUT2D eigenvalue weighted by Crippen LogP contribution is -2.20. The third-order valence-electron chi connectivity index (χ3n) is 2.48. The molecule has 0 spiro atoms. The van der Waals surface area contributed by atoms with Gasteiger partial charge in [0, 0.05) is 9.64 Å². The summed E-state index contributed by atoms with van der Waals surface area (Å²) < 4.78 is 6.30. The van der Waals surface area contributed by atoms with Gasteiger partial charge in [-0.25, -0.2) is 0 Å². The van der Waals surface area contributed by atoms with Crippen molar-refractivity contribution in [3.63, 3.8) is 0 Å². The first-order valence-electron chi connectivity index (χ1n) is 5.79. The number of benzene rings is 2. The summed E-state index contributed by atoms with van der Waals surface area (Å²) in [7, 11) is 0. The predicted octanol–water partition coefficient (Wildman–Crippen LogP) is 5.27. The first-order valence-corrected chi connectivity index (χ1v) is 8.00. The molecule has 0 aliphatic carbocycles. The van der Waals surface area contributed by atoms with Crippen molar-refractivity contribution in [1.82, 2.24) is 0 Å². The van der Waals surface area contributed by atoms with Crippen LogP contribution in [0.2, 0.25) is 15.1 Å². The van der Waals surface area contributed by atoms with Crippen LogP contribution in [0, 0.1) is 3.57 Å². The van der Waals surface area contributed by atoms with E-state index in [9.17, 15) is 4.79 Å². The number of anilines is 1. The van der Waals surface area contributed by atoms with E-state index >= 15 is 0 Å². The molecule has 0 bridgehead atoms. The van der Waals surface area contributed by atoms with Crippen molar-refractivity contribution < 1.29 is 9.53 Å². The summed E-state index contributed by atoms with van der Waals surface area (Å²) in [5.41, 5.74) is 0.729.